The quantitative estimate of drug-likeness (QED) is 0.687. The first-order valence-corrected chi connectivity index (χ1v) is 9.81. The predicted molar refractivity (Wildman–Crippen MR) is 106 cm³/mol. The maximum absolute atomic E-state index is 13.2. The number of anilines is 1. The average Bonchev–Trinajstić information content (AvgIpc) is 2.97. The van der Waals surface area contributed by atoms with Gasteiger partial charge in [0.2, 0.25) is 0 Å². The van der Waals surface area contributed by atoms with Gasteiger partial charge < -0.3 is 4.90 Å². The van der Waals surface area contributed by atoms with Crippen molar-refractivity contribution >= 4 is 28.4 Å². The lowest BCUT2D eigenvalue weighted by atomic mass is 9.73. The third-order valence-electron chi connectivity index (χ3n) is 5.31. The fraction of sp³-hybridized carbons (Fsp3) is 0.273. The average molecular weight is 360 g/mol. The second-order valence-electron chi connectivity index (χ2n) is 7.95. The highest BCUT2D eigenvalue weighted by atomic mass is 32.2. The van der Waals surface area contributed by atoms with Crippen molar-refractivity contribution in [3.05, 3.63) is 71.4 Å². The van der Waals surface area contributed by atoms with Gasteiger partial charge in [-0.15, -0.1) is 0 Å². The fourth-order valence-corrected chi connectivity index (χ4v) is 5.30. The van der Waals surface area contributed by atoms with Crippen LogP contribution in [0.1, 0.15) is 38.3 Å². The molecule has 0 spiro atoms. The van der Waals surface area contributed by atoms with Gasteiger partial charge >= 0.3 is 0 Å². The molecule has 3 nitrogen and oxygen atoms in total. The number of hydrogen-bond donors (Lipinski definition) is 0. The minimum atomic E-state index is -0.0848. The molecule has 2 aromatic carbocycles. The lowest BCUT2D eigenvalue weighted by Gasteiger charge is -2.40. The summed E-state index contributed by atoms with van der Waals surface area (Å²) in [4.78, 5) is 21.6. The molecule has 0 N–H and O–H groups in total. The molecule has 0 bridgehead atoms. The third kappa shape index (κ3) is 2.36. The van der Waals surface area contributed by atoms with Gasteiger partial charge in [0.05, 0.1) is 17.4 Å². The van der Waals surface area contributed by atoms with E-state index in [9.17, 15) is 4.79 Å². The van der Waals surface area contributed by atoms with Crippen molar-refractivity contribution in [2.75, 3.05) is 4.90 Å². The van der Waals surface area contributed by atoms with Crippen LogP contribution in [0.25, 0.3) is 0 Å². The number of hydrogen-bond acceptors (Lipinski definition) is 4. The number of benzene rings is 2. The molecule has 2 aliphatic heterocycles. The number of allylic oxidation sites excluding steroid dienone is 1. The molecule has 1 unspecified atom stereocenters. The van der Waals surface area contributed by atoms with Crippen LogP contribution in [0.3, 0.4) is 0 Å². The summed E-state index contributed by atoms with van der Waals surface area (Å²) < 4.78 is 0. The van der Waals surface area contributed by atoms with E-state index in [-0.39, 0.29) is 17.2 Å². The van der Waals surface area contributed by atoms with Crippen molar-refractivity contribution in [1.29, 1.82) is 0 Å². The van der Waals surface area contributed by atoms with Crippen molar-refractivity contribution in [2.24, 2.45) is 10.4 Å². The van der Waals surface area contributed by atoms with Gasteiger partial charge in [-0.2, -0.15) is 0 Å². The summed E-state index contributed by atoms with van der Waals surface area (Å²) in [5.74, 6) is 0.238. The highest BCUT2D eigenvalue weighted by molar-refractivity contribution is 8.14. The van der Waals surface area contributed by atoms with Gasteiger partial charge in [0.15, 0.2) is 11.0 Å². The largest absolute Gasteiger partial charge is 0.308 e. The number of para-hydroxylation sites is 1. The molecular weight excluding hydrogens is 340 g/mol. The molecule has 130 valence electrons. The molecule has 2 heterocycles. The van der Waals surface area contributed by atoms with Gasteiger partial charge in [-0.05, 0) is 41.3 Å². The Kier molecular flexibility index (Phi) is 3.41. The van der Waals surface area contributed by atoms with Gasteiger partial charge in [0.1, 0.15) is 0 Å². The molecule has 26 heavy (non-hydrogen) atoms. The van der Waals surface area contributed by atoms with Crippen molar-refractivity contribution in [2.45, 2.75) is 37.6 Å². The zero-order valence-electron chi connectivity index (χ0n) is 14.9. The Bertz CT molecular complexity index is 975. The molecule has 3 aliphatic rings. The summed E-state index contributed by atoms with van der Waals surface area (Å²) in [5, 5.41) is 0.990. The molecule has 5 rings (SSSR count). The molecule has 2 aromatic rings. The topological polar surface area (TPSA) is 32.7 Å². The van der Waals surface area contributed by atoms with Crippen molar-refractivity contribution < 1.29 is 4.79 Å². The Morgan fingerprint density at radius 1 is 1.04 bits per heavy atom. The molecule has 0 radical (unpaired) electrons. The molecule has 0 amide bonds. The first kappa shape index (κ1) is 15.9. The highest BCUT2D eigenvalue weighted by Gasteiger charge is 2.45. The van der Waals surface area contributed by atoms with Gasteiger partial charge in [-0.3, -0.25) is 4.79 Å². The van der Waals surface area contributed by atoms with Gasteiger partial charge in [0.25, 0.3) is 0 Å². The fourth-order valence-electron chi connectivity index (χ4n) is 4.23. The Balaban J connectivity index is 1.74. The minimum absolute atomic E-state index is 0.0283. The van der Waals surface area contributed by atoms with E-state index >= 15 is 0 Å². The molecule has 0 fully saturated rings. The summed E-state index contributed by atoms with van der Waals surface area (Å²) in [5.41, 5.74) is 4.13. The number of fused-ring (bicyclic) bond motifs is 3. The number of thioether (sulfide) groups is 1. The van der Waals surface area contributed by atoms with Gasteiger partial charge in [0, 0.05) is 16.9 Å². The van der Waals surface area contributed by atoms with E-state index in [1.54, 1.807) is 11.8 Å². The SMILES string of the molecule is CC1(C)CC(=O)C2=C(C1)N=C1Sc3ccccc3N1C2c1ccccc1. The second-order valence-corrected chi connectivity index (χ2v) is 8.96. The van der Waals surface area contributed by atoms with Crippen LogP contribution >= 0.6 is 11.8 Å². The summed E-state index contributed by atoms with van der Waals surface area (Å²) in [7, 11) is 0. The Labute approximate surface area is 157 Å². The van der Waals surface area contributed by atoms with Crippen LogP contribution in [0.5, 0.6) is 0 Å². The van der Waals surface area contributed by atoms with Gasteiger partial charge in [-0.1, -0.05) is 56.3 Å². The van der Waals surface area contributed by atoms with Crippen LogP contribution in [0.4, 0.5) is 5.69 Å². The van der Waals surface area contributed by atoms with E-state index in [0.717, 1.165) is 34.1 Å². The molecule has 0 aromatic heterocycles. The maximum atomic E-state index is 13.2. The number of ketones is 1. The van der Waals surface area contributed by atoms with E-state index in [1.807, 2.05) is 18.2 Å². The normalized spacial score (nSPS) is 23.3. The predicted octanol–water partition coefficient (Wildman–Crippen LogP) is 5.35. The van der Waals surface area contributed by atoms with Gasteiger partial charge in [-0.25, -0.2) is 4.99 Å². The van der Waals surface area contributed by atoms with Crippen LogP contribution < -0.4 is 4.90 Å². The Morgan fingerprint density at radius 3 is 2.58 bits per heavy atom. The molecule has 0 saturated heterocycles. The second kappa shape index (κ2) is 5.58. The van der Waals surface area contributed by atoms with E-state index in [0.29, 0.717) is 6.42 Å². The maximum Gasteiger partial charge on any atom is 0.174 e. The lowest BCUT2D eigenvalue weighted by Crippen LogP contribution is -2.40. The number of Topliss-reactive ketones (excluding diaryl/α,β-unsaturated/α-hetero) is 1. The van der Waals surface area contributed by atoms with Crippen LogP contribution in [0, 0.1) is 5.41 Å². The number of carbonyl (C=O) groups is 1. The van der Waals surface area contributed by atoms with Crippen LogP contribution in [-0.4, -0.2) is 11.0 Å². The summed E-state index contributed by atoms with van der Waals surface area (Å²) in [6, 6.07) is 18.7. The summed E-state index contributed by atoms with van der Waals surface area (Å²) >= 11 is 1.71. The highest BCUT2D eigenvalue weighted by Crippen LogP contribution is 2.53. The minimum Gasteiger partial charge on any atom is -0.308 e. The summed E-state index contributed by atoms with van der Waals surface area (Å²) in [6.45, 7) is 4.32. The Hall–Kier alpha value is -2.33. The Morgan fingerprint density at radius 2 is 1.77 bits per heavy atom. The molecule has 0 saturated carbocycles. The lowest BCUT2D eigenvalue weighted by molar-refractivity contribution is -0.118. The molecule has 1 aliphatic carbocycles. The number of rotatable bonds is 1. The van der Waals surface area contributed by atoms with E-state index < -0.39 is 0 Å². The monoisotopic (exact) mass is 360 g/mol. The summed E-state index contributed by atoms with van der Waals surface area (Å²) in [6.07, 6.45) is 1.44. The van der Waals surface area contributed by atoms with Crippen molar-refractivity contribution in [3.63, 3.8) is 0 Å². The van der Waals surface area contributed by atoms with Crippen molar-refractivity contribution in [3.8, 4) is 0 Å². The molecule has 1 atom stereocenters. The number of nitrogens with zero attached hydrogens (tertiary/aromatic N) is 2. The zero-order valence-corrected chi connectivity index (χ0v) is 15.7. The first-order chi connectivity index (χ1) is 12.5. The molecular formula is C22H20N2OS. The number of amidine groups is 1. The van der Waals surface area contributed by atoms with Crippen molar-refractivity contribution in [1.82, 2.24) is 0 Å². The third-order valence-corrected chi connectivity index (χ3v) is 6.34. The van der Waals surface area contributed by atoms with Crippen LogP contribution in [-0.2, 0) is 4.79 Å². The van der Waals surface area contributed by atoms with E-state index in [1.165, 1.54) is 4.90 Å². The smallest absolute Gasteiger partial charge is 0.174 e. The number of carbonyl (C=O) groups excluding carboxylic acids is 1. The molecule has 4 heteroatoms. The van der Waals surface area contributed by atoms with Crippen LogP contribution in [0.2, 0.25) is 0 Å². The van der Waals surface area contributed by atoms with Crippen LogP contribution in [0.15, 0.2) is 75.8 Å². The first-order valence-electron chi connectivity index (χ1n) is 8.99. The zero-order chi connectivity index (χ0) is 17.9. The number of aliphatic imine (C=N–C) groups is 1. The standard InChI is InChI=1S/C22H20N2OS/c1-22(2)12-15-19(17(25)13-22)20(14-8-4-3-5-9-14)24-16-10-6-7-11-18(16)26-21(24)23-15/h3-11,20H,12-13H2,1-2H3. The van der Waals surface area contributed by atoms with E-state index in [4.69, 9.17) is 4.99 Å². The van der Waals surface area contributed by atoms with E-state index in [2.05, 4.69) is 55.1 Å².